The second kappa shape index (κ2) is 16.4. The molecule has 68 heavy (non-hydrogen) atoms. The predicted octanol–water partition coefficient (Wildman–Crippen LogP) is 15.6. The smallest absolute Gasteiger partial charge is 0.166 e. The summed E-state index contributed by atoms with van der Waals surface area (Å²) in [4.78, 5) is 21.2. The Balaban J connectivity index is 1.03. The molecule has 9 aromatic carbocycles. The van der Waals surface area contributed by atoms with Gasteiger partial charge in [0.15, 0.2) is 17.5 Å². The number of hydrogen-bond donors (Lipinski definition) is 0. The third kappa shape index (κ3) is 6.88. The SMILES string of the molecule is c1ccc(-c2cc(-c3ccccc3)cc(-c3cnc(-c4cccc5c4Cc4cc6c(cc4-5)c4ccccc4n6-c4ccccc4)c(-c4nc(-c5ccccc5)nc(-c5ccccc5)n4)c3)c2)cc1. The van der Waals surface area contributed by atoms with Crippen molar-refractivity contribution in [1.82, 2.24) is 24.5 Å². The van der Waals surface area contributed by atoms with E-state index in [0.717, 1.165) is 73.4 Å². The number of nitrogens with zero attached hydrogens (tertiary/aromatic N) is 5. The fourth-order valence-corrected chi connectivity index (χ4v) is 10.1. The quantitative estimate of drug-likeness (QED) is 0.153. The Bertz CT molecular complexity index is 3730. The molecule has 0 unspecified atom stereocenters. The van der Waals surface area contributed by atoms with Crippen LogP contribution in [-0.2, 0) is 6.42 Å². The van der Waals surface area contributed by atoms with Crippen LogP contribution in [-0.4, -0.2) is 24.5 Å². The summed E-state index contributed by atoms with van der Waals surface area (Å²) in [7, 11) is 0. The van der Waals surface area contributed by atoms with Gasteiger partial charge in [0, 0.05) is 50.5 Å². The molecule has 13 rings (SSSR count). The first-order valence-electron chi connectivity index (χ1n) is 23.1. The van der Waals surface area contributed by atoms with Gasteiger partial charge in [-0.25, -0.2) is 15.0 Å². The Morgan fingerprint density at radius 3 is 1.46 bits per heavy atom. The van der Waals surface area contributed by atoms with Crippen molar-refractivity contribution in [2.45, 2.75) is 6.42 Å². The molecule has 1 aliphatic carbocycles. The van der Waals surface area contributed by atoms with E-state index in [-0.39, 0.29) is 0 Å². The van der Waals surface area contributed by atoms with Gasteiger partial charge < -0.3 is 4.57 Å². The summed E-state index contributed by atoms with van der Waals surface area (Å²) >= 11 is 0. The van der Waals surface area contributed by atoms with Gasteiger partial charge in [-0.3, -0.25) is 4.98 Å². The van der Waals surface area contributed by atoms with Crippen molar-refractivity contribution in [3.63, 3.8) is 0 Å². The van der Waals surface area contributed by atoms with Crippen molar-refractivity contribution in [1.29, 1.82) is 0 Å². The van der Waals surface area contributed by atoms with Crippen molar-refractivity contribution in [3.8, 4) is 95.6 Å². The van der Waals surface area contributed by atoms with Gasteiger partial charge >= 0.3 is 0 Å². The van der Waals surface area contributed by atoms with Crippen LogP contribution < -0.4 is 0 Å². The van der Waals surface area contributed by atoms with E-state index in [1.54, 1.807) is 0 Å². The second-order valence-electron chi connectivity index (χ2n) is 17.4. The average Bonchev–Trinajstić information content (AvgIpc) is 3.96. The summed E-state index contributed by atoms with van der Waals surface area (Å²) < 4.78 is 2.40. The molecule has 3 heterocycles. The first-order valence-corrected chi connectivity index (χ1v) is 23.1. The van der Waals surface area contributed by atoms with Crippen LogP contribution in [0.4, 0.5) is 0 Å². The maximum Gasteiger partial charge on any atom is 0.166 e. The number of fused-ring (bicyclic) bond motifs is 6. The van der Waals surface area contributed by atoms with Crippen LogP contribution in [0.5, 0.6) is 0 Å². The fraction of sp³-hybridized carbons (Fsp3) is 0.0159. The summed E-state index contributed by atoms with van der Waals surface area (Å²) in [6, 6.07) is 81.5. The molecule has 0 fully saturated rings. The first kappa shape index (κ1) is 39.3. The molecular formula is C63H41N5. The fourth-order valence-electron chi connectivity index (χ4n) is 10.1. The standard InChI is InChI=1S/C63H41N5/c1-6-19-41(20-7-1)45-33-46(42-21-8-2-9-22-42)35-47(34-45)49-37-57(63-66-61(43-23-10-3-11-24-43)65-62(67-63)44-25-12-4-13-26-44)60(64-40-49)53-31-18-30-51-54-39-56-52-29-16-17-32-58(52)68(50-27-14-5-15-28-50)59(56)38-48(54)36-55(51)53/h1-35,37-40H,36H2. The number of benzene rings is 9. The highest BCUT2D eigenvalue weighted by Crippen LogP contribution is 2.47. The summed E-state index contributed by atoms with van der Waals surface area (Å²) in [6.07, 6.45) is 2.79. The highest BCUT2D eigenvalue weighted by molar-refractivity contribution is 6.11. The van der Waals surface area contributed by atoms with Gasteiger partial charge in [0.25, 0.3) is 0 Å². The number of hydrogen-bond acceptors (Lipinski definition) is 4. The minimum Gasteiger partial charge on any atom is -0.309 e. The number of para-hydroxylation sites is 2. The second-order valence-corrected chi connectivity index (χ2v) is 17.4. The summed E-state index contributed by atoms with van der Waals surface area (Å²) in [6.45, 7) is 0. The molecule has 12 aromatic rings. The molecule has 0 bridgehead atoms. The minimum atomic E-state index is 0.562. The number of pyridine rings is 1. The van der Waals surface area contributed by atoms with Gasteiger partial charge in [0.2, 0.25) is 0 Å². The van der Waals surface area contributed by atoms with Gasteiger partial charge in [-0.2, -0.15) is 0 Å². The van der Waals surface area contributed by atoms with E-state index in [4.69, 9.17) is 19.9 Å². The van der Waals surface area contributed by atoms with Gasteiger partial charge in [-0.05, 0) is 111 Å². The van der Waals surface area contributed by atoms with Gasteiger partial charge in [-0.1, -0.05) is 176 Å². The average molecular weight is 868 g/mol. The Kier molecular flexibility index (Phi) is 9.50. The third-order valence-corrected chi connectivity index (χ3v) is 13.3. The molecule has 0 radical (unpaired) electrons. The highest BCUT2D eigenvalue weighted by Gasteiger charge is 2.27. The summed E-state index contributed by atoms with van der Waals surface area (Å²) in [5, 5.41) is 2.48. The van der Waals surface area contributed by atoms with E-state index in [9.17, 15) is 0 Å². The van der Waals surface area contributed by atoms with E-state index < -0.39 is 0 Å². The van der Waals surface area contributed by atoms with Crippen LogP contribution in [0.25, 0.3) is 117 Å². The van der Waals surface area contributed by atoms with Crippen LogP contribution in [0, 0.1) is 0 Å². The molecule has 3 aromatic heterocycles. The molecule has 0 saturated heterocycles. The number of rotatable bonds is 8. The van der Waals surface area contributed by atoms with Gasteiger partial charge in [0.1, 0.15) is 0 Å². The lowest BCUT2D eigenvalue weighted by atomic mass is 9.91. The van der Waals surface area contributed by atoms with E-state index in [1.165, 1.54) is 44.1 Å². The monoisotopic (exact) mass is 867 g/mol. The zero-order valence-electron chi connectivity index (χ0n) is 37.0. The molecule has 5 nitrogen and oxygen atoms in total. The minimum absolute atomic E-state index is 0.562. The van der Waals surface area contributed by atoms with Crippen molar-refractivity contribution in [2.24, 2.45) is 0 Å². The molecular weight excluding hydrogens is 827 g/mol. The number of aromatic nitrogens is 5. The summed E-state index contributed by atoms with van der Waals surface area (Å²) in [5.41, 5.74) is 19.7. The molecule has 0 amide bonds. The first-order chi connectivity index (χ1) is 33.7. The Morgan fingerprint density at radius 2 is 0.838 bits per heavy atom. The van der Waals surface area contributed by atoms with Crippen LogP contribution in [0.2, 0.25) is 0 Å². The van der Waals surface area contributed by atoms with Crippen LogP contribution >= 0.6 is 0 Å². The van der Waals surface area contributed by atoms with E-state index >= 15 is 0 Å². The zero-order valence-corrected chi connectivity index (χ0v) is 37.0. The molecule has 0 spiro atoms. The van der Waals surface area contributed by atoms with Crippen LogP contribution in [0.3, 0.4) is 0 Å². The maximum absolute atomic E-state index is 5.49. The molecule has 0 N–H and O–H groups in total. The molecule has 5 heteroatoms. The largest absolute Gasteiger partial charge is 0.309 e. The van der Waals surface area contributed by atoms with Gasteiger partial charge in [-0.15, -0.1) is 0 Å². The zero-order chi connectivity index (χ0) is 45.0. The van der Waals surface area contributed by atoms with E-state index in [1.807, 2.05) is 42.6 Å². The van der Waals surface area contributed by atoms with Gasteiger partial charge in [0.05, 0.1) is 16.7 Å². The van der Waals surface area contributed by atoms with Crippen LogP contribution in [0.15, 0.2) is 237 Å². The maximum atomic E-state index is 5.49. The Labute approximate surface area is 394 Å². The Hall–Kier alpha value is -9.06. The highest BCUT2D eigenvalue weighted by atomic mass is 15.0. The predicted molar refractivity (Wildman–Crippen MR) is 278 cm³/mol. The topological polar surface area (TPSA) is 56.5 Å². The molecule has 0 saturated carbocycles. The van der Waals surface area contributed by atoms with E-state index in [0.29, 0.717) is 17.5 Å². The molecule has 0 atom stereocenters. The summed E-state index contributed by atoms with van der Waals surface area (Å²) in [5.74, 6) is 1.77. The van der Waals surface area contributed by atoms with Crippen molar-refractivity contribution >= 4 is 21.8 Å². The molecule has 1 aliphatic rings. The lowest BCUT2D eigenvalue weighted by Crippen LogP contribution is -2.03. The molecule has 318 valence electrons. The van der Waals surface area contributed by atoms with Crippen LogP contribution in [0.1, 0.15) is 11.1 Å². The van der Waals surface area contributed by atoms with E-state index in [2.05, 4.69) is 199 Å². The third-order valence-electron chi connectivity index (χ3n) is 13.3. The lowest BCUT2D eigenvalue weighted by molar-refractivity contribution is 1.07. The van der Waals surface area contributed by atoms with Crippen molar-refractivity contribution in [3.05, 3.63) is 248 Å². The Morgan fingerprint density at radius 1 is 0.324 bits per heavy atom. The normalized spacial score (nSPS) is 11.8. The van der Waals surface area contributed by atoms with Crippen molar-refractivity contribution < 1.29 is 0 Å². The molecule has 0 aliphatic heterocycles. The van der Waals surface area contributed by atoms with Crippen molar-refractivity contribution in [2.75, 3.05) is 0 Å². The lowest BCUT2D eigenvalue weighted by Gasteiger charge is -2.16.